The second-order valence-electron chi connectivity index (χ2n) is 6.88. The van der Waals surface area contributed by atoms with E-state index in [1.54, 1.807) is 0 Å². The Bertz CT molecular complexity index is 1170. The van der Waals surface area contributed by atoms with E-state index >= 15 is 0 Å². The lowest BCUT2D eigenvalue weighted by atomic mass is 10.1. The molecule has 0 spiro atoms. The van der Waals surface area contributed by atoms with E-state index in [1.165, 1.54) is 0 Å². The summed E-state index contributed by atoms with van der Waals surface area (Å²) >= 11 is 6.35. The van der Waals surface area contributed by atoms with E-state index in [0.29, 0.717) is 18.1 Å². The minimum absolute atomic E-state index is 0.122. The van der Waals surface area contributed by atoms with E-state index in [-0.39, 0.29) is 12.5 Å². The second kappa shape index (κ2) is 9.01. The molecule has 1 amide bonds. The zero-order valence-electron chi connectivity index (χ0n) is 16.6. The third kappa shape index (κ3) is 4.47. The number of imidazole rings is 1. The number of benzene rings is 3. The van der Waals surface area contributed by atoms with Gasteiger partial charge in [0.25, 0.3) is 0 Å². The minimum Gasteiger partial charge on any atom is -0.494 e. The molecule has 152 valence electrons. The Balaban J connectivity index is 1.58. The molecular formula is C24H22ClN3O2. The number of nitrogens with one attached hydrogen (secondary N) is 1. The summed E-state index contributed by atoms with van der Waals surface area (Å²) in [4.78, 5) is 17.5. The van der Waals surface area contributed by atoms with E-state index in [1.807, 2.05) is 84.3 Å². The quantitative estimate of drug-likeness (QED) is 0.441. The number of para-hydroxylation sites is 2. The lowest BCUT2D eigenvalue weighted by Crippen LogP contribution is -2.20. The van der Waals surface area contributed by atoms with Gasteiger partial charge < -0.3 is 14.6 Å². The average Bonchev–Trinajstić information content (AvgIpc) is 3.08. The molecule has 4 aromatic rings. The van der Waals surface area contributed by atoms with Gasteiger partial charge in [0.05, 0.1) is 17.6 Å². The number of carbonyl (C=O) groups excluding carboxylic acids is 1. The highest BCUT2D eigenvalue weighted by Crippen LogP contribution is 2.23. The third-order valence-electron chi connectivity index (χ3n) is 4.79. The maximum atomic E-state index is 12.8. The normalized spacial score (nSPS) is 10.9. The van der Waals surface area contributed by atoms with Crippen molar-refractivity contribution in [1.82, 2.24) is 9.55 Å². The fourth-order valence-electron chi connectivity index (χ4n) is 3.39. The first-order chi connectivity index (χ1) is 14.6. The number of aromatic nitrogens is 2. The van der Waals surface area contributed by atoms with Gasteiger partial charge in [-0.05, 0) is 55.0 Å². The molecule has 0 saturated heterocycles. The van der Waals surface area contributed by atoms with Gasteiger partial charge in [0.1, 0.15) is 18.1 Å². The third-order valence-corrected chi connectivity index (χ3v) is 5.16. The molecule has 0 bridgehead atoms. The molecule has 0 fully saturated rings. The van der Waals surface area contributed by atoms with Crippen molar-refractivity contribution < 1.29 is 9.53 Å². The molecular weight excluding hydrogens is 398 g/mol. The van der Waals surface area contributed by atoms with Crippen LogP contribution >= 0.6 is 11.6 Å². The number of nitrogens with zero attached hydrogens (tertiary/aromatic N) is 2. The van der Waals surface area contributed by atoms with Gasteiger partial charge in [0, 0.05) is 17.1 Å². The molecule has 30 heavy (non-hydrogen) atoms. The molecule has 1 heterocycles. The summed E-state index contributed by atoms with van der Waals surface area (Å²) in [6.07, 6.45) is 0.546. The molecule has 0 atom stereocenters. The standard InChI is InChI=1S/C24H22ClN3O2/c1-2-30-19-13-11-18(12-14-19)26-24(29)16-28-22-10-6-5-9-21(22)27-23(28)15-17-7-3-4-8-20(17)25/h3-14H,2,15-16H2,1H3,(H,26,29). The first-order valence-corrected chi connectivity index (χ1v) is 10.2. The van der Waals surface area contributed by atoms with Crippen LogP contribution in [0.2, 0.25) is 5.02 Å². The summed E-state index contributed by atoms with van der Waals surface area (Å²) in [6.45, 7) is 2.70. The molecule has 3 aromatic carbocycles. The highest BCUT2D eigenvalue weighted by atomic mass is 35.5. The van der Waals surface area contributed by atoms with Crippen LogP contribution in [-0.4, -0.2) is 22.1 Å². The topological polar surface area (TPSA) is 56.1 Å². The Morgan fingerprint density at radius 3 is 2.53 bits per heavy atom. The summed E-state index contributed by atoms with van der Waals surface area (Å²) in [6, 6.07) is 22.9. The van der Waals surface area contributed by atoms with Gasteiger partial charge in [-0.1, -0.05) is 41.9 Å². The summed E-state index contributed by atoms with van der Waals surface area (Å²) < 4.78 is 7.39. The largest absolute Gasteiger partial charge is 0.494 e. The Kier molecular flexibility index (Phi) is 6.00. The smallest absolute Gasteiger partial charge is 0.244 e. The monoisotopic (exact) mass is 419 g/mol. The Hall–Kier alpha value is -3.31. The number of hydrogen-bond acceptors (Lipinski definition) is 3. The van der Waals surface area contributed by atoms with Crippen LogP contribution in [0.3, 0.4) is 0 Å². The Morgan fingerprint density at radius 2 is 1.77 bits per heavy atom. The first kappa shape index (κ1) is 20.0. The van der Waals surface area contributed by atoms with Crippen molar-refractivity contribution in [2.24, 2.45) is 0 Å². The number of ether oxygens (including phenoxy) is 1. The van der Waals surface area contributed by atoms with Crippen molar-refractivity contribution in [3.8, 4) is 5.75 Å². The number of anilines is 1. The number of fused-ring (bicyclic) bond motifs is 1. The second-order valence-corrected chi connectivity index (χ2v) is 7.28. The number of amides is 1. The van der Waals surface area contributed by atoms with Gasteiger partial charge in [-0.3, -0.25) is 4.79 Å². The number of hydrogen-bond donors (Lipinski definition) is 1. The van der Waals surface area contributed by atoms with Gasteiger partial charge in [-0.25, -0.2) is 4.98 Å². The molecule has 0 unspecified atom stereocenters. The summed E-state index contributed by atoms with van der Waals surface area (Å²) in [7, 11) is 0. The number of halogens is 1. The molecule has 0 saturated carbocycles. The minimum atomic E-state index is -0.122. The SMILES string of the molecule is CCOc1ccc(NC(=O)Cn2c(Cc3ccccc3Cl)nc3ccccc32)cc1. The van der Waals surface area contributed by atoms with Crippen LogP contribution in [0.4, 0.5) is 5.69 Å². The maximum absolute atomic E-state index is 12.8. The van der Waals surface area contributed by atoms with Gasteiger partial charge in [0.2, 0.25) is 5.91 Å². The molecule has 0 aliphatic heterocycles. The Labute approximate surface area is 180 Å². The van der Waals surface area contributed by atoms with Crippen LogP contribution in [0.5, 0.6) is 5.75 Å². The Morgan fingerprint density at radius 1 is 1.03 bits per heavy atom. The van der Waals surface area contributed by atoms with Crippen molar-refractivity contribution in [3.05, 3.63) is 89.2 Å². The summed E-state index contributed by atoms with van der Waals surface area (Å²) in [5.41, 5.74) is 3.47. The molecule has 6 heteroatoms. The van der Waals surface area contributed by atoms with E-state index in [9.17, 15) is 4.79 Å². The molecule has 0 aliphatic rings. The zero-order chi connectivity index (χ0) is 20.9. The summed E-state index contributed by atoms with van der Waals surface area (Å²) in [5.74, 6) is 1.45. The fourth-order valence-corrected chi connectivity index (χ4v) is 3.60. The van der Waals surface area contributed by atoms with Crippen molar-refractivity contribution in [2.45, 2.75) is 19.9 Å². The number of carbonyl (C=O) groups is 1. The van der Waals surface area contributed by atoms with Crippen LogP contribution in [0.25, 0.3) is 11.0 Å². The highest BCUT2D eigenvalue weighted by Gasteiger charge is 2.15. The van der Waals surface area contributed by atoms with Gasteiger partial charge in [-0.15, -0.1) is 0 Å². The maximum Gasteiger partial charge on any atom is 0.244 e. The van der Waals surface area contributed by atoms with Crippen LogP contribution in [-0.2, 0) is 17.8 Å². The predicted molar refractivity (Wildman–Crippen MR) is 120 cm³/mol. The van der Waals surface area contributed by atoms with Gasteiger partial charge >= 0.3 is 0 Å². The van der Waals surface area contributed by atoms with Crippen LogP contribution in [0.15, 0.2) is 72.8 Å². The number of rotatable bonds is 7. The van der Waals surface area contributed by atoms with E-state index < -0.39 is 0 Å². The van der Waals surface area contributed by atoms with Crippen LogP contribution in [0, 0.1) is 0 Å². The van der Waals surface area contributed by atoms with E-state index in [0.717, 1.165) is 33.9 Å². The lowest BCUT2D eigenvalue weighted by molar-refractivity contribution is -0.116. The van der Waals surface area contributed by atoms with Gasteiger partial charge in [0.15, 0.2) is 0 Å². The van der Waals surface area contributed by atoms with E-state index in [2.05, 4.69) is 5.32 Å². The van der Waals surface area contributed by atoms with Crippen molar-refractivity contribution in [2.75, 3.05) is 11.9 Å². The molecule has 4 rings (SSSR count). The molecule has 0 aliphatic carbocycles. The fraction of sp³-hybridized carbons (Fsp3) is 0.167. The lowest BCUT2D eigenvalue weighted by Gasteiger charge is -2.11. The molecule has 1 aromatic heterocycles. The van der Waals surface area contributed by atoms with Crippen molar-refractivity contribution >= 4 is 34.2 Å². The van der Waals surface area contributed by atoms with Crippen LogP contribution < -0.4 is 10.1 Å². The average molecular weight is 420 g/mol. The highest BCUT2D eigenvalue weighted by molar-refractivity contribution is 6.31. The predicted octanol–water partition coefficient (Wildman–Crippen LogP) is 5.32. The zero-order valence-corrected chi connectivity index (χ0v) is 17.4. The van der Waals surface area contributed by atoms with Gasteiger partial charge in [-0.2, -0.15) is 0 Å². The van der Waals surface area contributed by atoms with Crippen molar-refractivity contribution in [3.63, 3.8) is 0 Å². The van der Waals surface area contributed by atoms with Crippen molar-refractivity contribution in [1.29, 1.82) is 0 Å². The molecule has 5 nitrogen and oxygen atoms in total. The van der Waals surface area contributed by atoms with Crippen LogP contribution in [0.1, 0.15) is 18.3 Å². The molecule has 0 radical (unpaired) electrons. The molecule has 1 N–H and O–H groups in total. The van der Waals surface area contributed by atoms with E-state index in [4.69, 9.17) is 21.3 Å². The first-order valence-electron chi connectivity index (χ1n) is 9.84. The summed E-state index contributed by atoms with van der Waals surface area (Å²) in [5, 5.41) is 3.64.